The topological polar surface area (TPSA) is 112 Å². The highest BCUT2D eigenvalue weighted by atomic mass is 32.2. The fourth-order valence-corrected chi connectivity index (χ4v) is 4.22. The number of nitrogens with zero attached hydrogens (tertiary/aromatic N) is 2. The van der Waals surface area contributed by atoms with Crippen LogP contribution in [0, 0.1) is 18.3 Å². The van der Waals surface area contributed by atoms with Gasteiger partial charge in [-0.25, -0.2) is 18.1 Å². The van der Waals surface area contributed by atoms with Crippen LogP contribution < -0.4 is 10.0 Å². The zero-order valence-corrected chi connectivity index (χ0v) is 16.5. The lowest BCUT2D eigenvalue weighted by atomic mass is 10.1. The second kappa shape index (κ2) is 8.31. The molecule has 3 aromatic rings. The average Bonchev–Trinajstić information content (AvgIpc) is 3.13. The fourth-order valence-electron chi connectivity index (χ4n) is 2.46. The molecule has 0 aliphatic carbocycles. The highest BCUT2D eigenvalue weighted by Gasteiger charge is 2.19. The number of nitrogens with one attached hydrogen (secondary N) is 2. The number of hydrogen-bond acceptors (Lipinski definition) is 6. The number of carbonyl (C=O) groups is 1. The number of sulfonamides is 1. The van der Waals surface area contributed by atoms with Gasteiger partial charge in [0.1, 0.15) is 6.07 Å². The number of amides is 1. The van der Waals surface area contributed by atoms with E-state index in [1.807, 2.05) is 30.5 Å². The molecule has 2 N–H and O–H groups in total. The number of thiazole rings is 1. The van der Waals surface area contributed by atoms with Crippen LogP contribution in [0.4, 0.5) is 5.69 Å². The molecule has 0 fully saturated rings. The van der Waals surface area contributed by atoms with Gasteiger partial charge in [-0.3, -0.25) is 4.79 Å². The van der Waals surface area contributed by atoms with Gasteiger partial charge in [0.25, 0.3) is 0 Å². The van der Waals surface area contributed by atoms with Gasteiger partial charge < -0.3 is 5.32 Å². The number of nitriles is 1. The molecule has 7 nitrogen and oxygen atoms in total. The van der Waals surface area contributed by atoms with Crippen LogP contribution in [0.1, 0.15) is 10.6 Å². The van der Waals surface area contributed by atoms with Crippen molar-refractivity contribution in [2.75, 3.05) is 11.9 Å². The largest absolute Gasteiger partial charge is 0.325 e. The average molecular weight is 412 g/mol. The van der Waals surface area contributed by atoms with Crippen LogP contribution >= 0.6 is 11.3 Å². The Morgan fingerprint density at radius 3 is 2.54 bits per heavy atom. The quantitative estimate of drug-likeness (QED) is 0.646. The van der Waals surface area contributed by atoms with E-state index in [1.165, 1.54) is 18.2 Å². The molecule has 1 aromatic heterocycles. The number of hydrogen-bond donors (Lipinski definition) is 2. The first-order chi connectivity index (χ1) is 13.4. The van der Waals surface area contributed by atoms with Crippen LogP contribution in [0.2, 0.25) is 0 Å². The van der Waals surface area contributed by atoms with Gasteiger partial charge >= 0.3 is 0 Å². The Kier molecular flexibility index (Phi) is 5.84. The Balaban J connectivity index is 1.62. The van der Waals surface area contributed by atoms with Crippen molar-refractivity contribution in [2.45, 2.75) is 11.8 Å². The van der Waals surface area contributed by atoms with E-state index in [-0.39, 0.29) is 10.5 Å². The van der Waals surface area contributed by atoms with Crippen LogP contribution in [0.5, 0.6) is 0 Å². The number of anilines is 1. The summed E-state index contributed by atoms with van der Waals surface area (Å²) in [6, 6.07) is 14.7. The minimum atomic E-state index is -3.97. The van der Waals surface area contributed by atoms with E-state index in [2.05, 4.69) is 15.0 Å². The Morgan fingerprint density at radius 1 is 1.18 bits per heavy atom. The van der Waals surface area contributed by atoms with Gasteiger partial charge in [0.05, 0.1) is 27.7 Å². The molecule has 0 radical (unpaired) electrons. The summed E-state index contributed by atoms with van der Waals surface area (Å²) in [5.41, 5.74) is 2.35. The molecule has 0 saturated heterocycles. The van der Waals surface area contributed by atoms with E-state index in [0.717, 1.165) is 16.3 Å². The number of aryl methyl sites for hydroxylation is 1. The third kappa shape index (κ3) is 4.61. The van der Waals surface area contributed by atoms with Crippen molar-refractivity contribution in [2.24, 2.45) is 0 Å². The lowest BCUT2D eigenvalue weighted by Crippen LogP contribution is -2.33. The van der Waals surface area contributed by atoms with Crippen LogP contribution in [0.3, 0.4) is 0 Å². The van der Waals surface area contributed by atoms with Crippen molar-refractivity contribution in [1.29, 1.82) is 5.26 Å². The van der Waals surface area contributed by atoms with Gasteiger partial charge in [0.15, 0.2) is 0 Å². The zero-order chi connectivity index (χ0) is 20.1. The standard InChI is InChI=1S/C19H16N4O3S2/c1-13-22-17(12-27-13)14-6-8-16(9-7-14)23-19(24)11-21-28(25,26)18-5-3-2-4-15(18)10-20/h2-9,12,21H,11H2,1H3,(H,23,24). The lowest BCUT2D eigenvalue weighted by molar-refractivity contribution is -0.115. The normalized spacial score (nSPS) is 11.0. The molecule has 0 aliphatic rings. The van der Waals surface area contributed by atoms with Gasteiger partial charge in [-0.15, -0.1) is 11.3 Å². The molecule has 3 rings (SSSR count). The predicted octanol–water partition coefficient (Wildman–Crippen LogP) is 2.91. The summed E-state index contributed by atoms with van der Waals surface area (Å²) in [7, 11) is -3.97. The van der Waals surface area contributed by atoms with Crippen molar-refractivity contribution >= 4 is 33.0 Å². The molecule has 0 spiro atoms. The first-order valence-corrected chi connectivity index (χ1v) is 10.6. The highest BCUT2D eigenvalue weighted by molar-refractivity contribution is 7.89. The van der Waals surface area contributed by atoms with Gasteiger partial charge in [-0.1, -0.05) is 24.3 Å². The minimum absolute atomic E-state index is 0.0169. The molecule has 0 atom stereocenters. The van der Waals surface area contributed by atoms with E-state index >= 15 is 0 Å². The summed E-state index contributed by atoms with van der Waals surface area (Å²) in [6.07, 6.45) is 0. The summed E-state index contributed by atoms with van der Waals surface area (Å²) < 4.78 is 26.9. The molecule has 0 unspecified atom stereocenters. The monoisotopic (exact) mass is 412 g/mol. The Morgan fingerprint density at radius 2 is 1.89 bits per heavy atom. The molecule has 0 saturated carbocycles. The molecule has 0 aliphatic heterocycles. The van der Waals surface area contributed by atoms with Gasteiger partial charge in [-0.2, -0.15) is 5.26 Å². The zero-order valence-electron chi connectivity index (χ0n) is 14.8. The maximum Gasteiger partial charge on any atom is 0.242 e. The predicted molar refractivity (Wildman–Crippen MR) is 107 cm³/mol. The second-order valence-corrected chi connectivity index (χ2v) is 8.61. The molecule has 2 aromatic carbocycles. The van der Waals surface area contributed by atoms with Gasteiger partial charge in [-0.05, 0) is 31.2 Å². The van der Waals surface area contributed by atoms with Crippen LogP contribution in [0.15, 0.2) is 58.8 Å². The van der Waals surface area contributed by atoms with Gasteiger partial charge in [0.2, 0.25) is 15.9 Å². The lowest BCUT2D eigenvalue weighted by Gasteiger charge is -2.09. The second-order valence-electron chi connectivity index (χ2n) is 5.81. The maximum atomic E-state index is 12.3. The minimum Gasteiger partial charge on any atom is -0.325 e. The summed E-state index contributed by atoms with van der Waals surface area (Å²) in [4.78, 5) is 16.3. The molecule has 1 amide bonds. The third-order valence-corrected chi connectivity index (χ3v) is 6.04. The van der Waals surface area contributed by atoms with Crippen LogP contribution in [0.25, 0.3) is 11.3 Å². The molecule has 1 heterocycles. The molecular formula is C19H16N4O3S2. The Bertz CT molecular complexity index is 1150. The maximum absolute atomic E-state index is 12.3. The molecular weight excluding hydrogens is 396 g/mol. The van der Waals surface area contributed by atoms with E-state index < -0.39 is 22.5 Å². The van der Waals surface area contributed by atoms with Crippen molar-refractivity contribution in [3.05, 3.63) is 64.5 Å². The molecule has 28 heavy (non-hydrogen) atoms. The number of carbonyl (C=O) groups excluding carboxylic acids is 1. The van der Waals surface area contributed by atoms with E-state index in [9.17, 15) is 13.2 Å². The summed E-state index contributed by atoms with van der Waals surface area (Å²) >= 11 is 1.56. The third-order valence-electron chi connectivity index (χ3n) is 3.80. The first kappa shape index (κ1) is 19.7. The van der Waals surface area contributed by atoms with Crippen LogP contribution in [-0.2, 0) is 14.8 Å². The summed E-state index contributed by atoms with van der Waals surface area (Å²) in [5.74, 6) is -0.518. The van der Waals surface area contributed by atoms with Crippen molar-refractivity contribution < 1.29 is 13.2 Å². The van der Waals surface area contributed by atoms with Crippen LogP contribution in [-0.4, -0.2) is 25.9 Å². The van der Waals surface area contributed by atoms with Crippen molar-refractivity contribution in [1.82, 2.24) is 9.71 Å². The summed E-state index contributed by atoms with van der Waals surface area (Å²) in [6.45, 7) is 1.48. The molecule has 0 bridgehead atoms. The summed E-state index contributed by atoms with van der Waals surface area (Å²) in [5, 5.41) is 14.6. The number of rotatable bonds is 6. The first-order valence-electron chi connectivity index (χ1n) is 8.20. The van der Waals surface area contributed by atoms with Crippen molar-refractivity contribution in [3.8, 4) is 17.3 Å². The molecule has 9 heteroatoms. The van der Waals surface area contributed by atoms with Crippen molar-refractivity contribution in [3.63, 3.8) is 0 Å². The van der Waals surface area contributed by atoms with E-state index in [4.69, 9.17) is 5.26 Å². The highest BCUT2D eigenvalue weighted by Crippen LogP contribution is 2.23. The van der Waals surface area contributed by atoms with E-state index in [0.29, 0.717) is 5.69 Å². The number of aromatic nitrogens is 1. The fraction of sp³-hybridized carbons (Fsp3) is 0.105. The van der Waals surface area contributed by atoms with E-state index in [1.54, 1.807) is 29.5 Å². The Hall–Kier alpha value is -3.06. The smallest absolute Gasteiger partial charge is 0.242 e. The SMILES string of the molecule is Cc1nc(-c2ccc(NC(=O)CNS(=O)(=O)c3ccccc3C#N)cc2)cs1. The molecule has 142 valence electrons. The Labute approximate surface area is 166 Å². The van der Waals surface area contributed by atoms with Gasteiger partial charge in [0, 0.05) is 16.6 Å². The number of benzene rings is 2.